The maximum Gasteiger partial charge on any atom is 0.261 e. The molecule has 0 amide bonds. The lowest BCUT2D eigenvalue weighted by molar-refractivity contribution is -0.117. The summed E-state index contributed by atoms with van der Waals surface area (Å²) in [5.41, 5.74) is 2.37. The average molecular weight is 543 g/mol. The second kappa shape index (κ2) is 14.6. The zero-order chi connectivity index (χ0) is 28.3. The van der Waals surface area contributed by atoms with Crippen LogP contribution in [0, 0.1) is 11.8 Å². The Bertz CT molecular complexity index is 1110. The number of hydrogen-bond donors (Lipinski definition) is 0. The van der Waals surface area contributed by atoms with Crippen LogP contribution in [0.25, 0.3) is 0 Å². The molecule has 3 aromatic rings. The fourth-order valence-corrected chi connectivity index (χ4v) is 10.0. The lowest BCUT2D eigenvalue weighted by Crippen LogP contribution is -2.66. The van der Waals surface area contributed by atoms with E-state index in [1.165, 1.54) is 15.9 Å². The molecule has 0 aliphatic heterocycles. The van der Waals surface area contributed by atoms with Crippen LogP contribution in [0.3, 0.4) is 0 Å². The predicted molar refractivity (Wildman–Crippen MR) is 166 cm³/mol. The molecule has 0 radical (unpaired) electrons. The molecule has 0 aromatic heterocycles. The topological polar surface area (TPSA) is 35.5 Å². The van der Waals surface area contributed by atoms with Crippen LogP contribution in [0.4, 0.5) is 0 Å². The molecule has 3 atom stereocenters. The second-order valence-electron chi connectivity index (χ2n) is 11.5. The standard InChI is InChI=1S/C35H46O3Si/c1-7-29(24-31(8-2)34(28(3)25-36)37-26-30-18-12-9-13-19-30)27-38-39(35(4,5)6,32-20-14-10-15-21-32)33-22-16-11-17-23-33/h9-25,28,31,34H,7-8,26-27H2,1-6H3/b29-24+/t28-,31-,34+/m1/s1. The molecule has 208 valence electrons. The minimum atomic E-state index is -2.63. The average Bonchev–Trinajstić information content (AvgIpc) is 2.96. The molecular formula is C35H46O3Si. The molecule has 0 saturated heterocycles. The van der Waals surface area contributed by atoms with E-state index in [4.69, 9.17) is 9.16 Å². The summed E-state index contributed by atoms with van der Waals surface area (Å²) in [4.78, 5) is 11.9. The van der Waals surface area contributed by atoms with Gasteiger partial charge in [-0.25, -0.2) is 0 Å². The predicted octanol–water partition coefficient (Wildman–Crippen LogP) is 7.35. The van der Waals surface area contributed by atoms with Gasteiger partial charge in [-0.3, -0.25) is 0 Å². The SMILES string of the molecule is CC/C(=C\[C@@H](CC)[C@@H](OCc1ccccc1)[C@H](C)C=O)CO[Si](c1ccccc1)(c1ccccc1)C(C)(C)C. The molecule has 0 heterocycles. The first-order valence-corrected chi connectivity index (χ1v) is 16.2. The Morgan fingerprint density at radius 1 is 0.846 bits per heavy atom. The van der Waals surface area contributed by atoms with Crippen molar-refractivity contribution in [1.29, 1.82) is 0 Å². The number of carbonyl (C=O) groups excluding carboxylic acids is 1. The van der Waals surface area contributed by atoms with Crippen LogP contribution in [0.1, 0.15) is 59.9 Å². The lowest BCUT2D eigenvalue weighted by atomic mass is 9.88. The van der Waals surface area contributed by atoms with E-state index in [0.29, 0.717) is 13.2 Å². The van der Waals surface area contributed by atoms with E-state index >= 15 is 0 Å². The van der Waals surface area contributed by atoms with Crippen molar-refractivity contribution in [3.63, 3.8) is 0 Å². The van der Waals surface area contributed by atoms with Gasteiger partial charge in [0.15, 0.2) is 0 Å². The maximum atomic E-state index is 11.9. The molecule has 0 spiro atoms. The molecule has 0 fully saturated rings. The number of benzene rings is 3. The number of ether oxygens (including phenoxy) is 1. The second-order valence-corrected chi connectivity index (χ2v) is 15.8. The first-order valence-electron chi connectivity index (χ1n) is 14.3. The number of aldehydes is 1. The van der Waals surface area contributed by atoms with Gasteiger partial charge >= 0.3 is 0 Å². The Balaban J connectivity index is 1.94. The number of carbonyl (C=O) groups is 1. The highest BCUT2D eigenvalue weighted by Gasteiger charge is 2.50. The van der Waals surface area contributed by atoms with Crippen LogP contribution >= 0.6 is 0 Å². The quantitative estimate of drug-likeness (QED) is 0.121. The highest BCUT2D eigenvalue weighted by atomic mass is 28.4. The zero-order valence-corrected chi connectivity index (χ0v) is 25.6. The van der Waals surface area contributed by atoms with Crippen LogP contribution in [-0.2, 0) is 20.6 Å². The molecule has 3 nitrogen and oxygen atoms in total. The minimum Gasteiger partial charge on any atom is -0.403 e. The first kappa shape index (κ1) is 30.7. The summed E-state index contributed by atoms with van der Waals surface area (Å²) in [5.74, 6) is -0.0859. The van der Waals surface area contributed by atoms with Crippen molar-refractivity contribution in [2.45, 2.75) is 72.1 Å². The van der Waals surface area contributed by atoms with Gasteiger partial charge in [0, 0.05) is 11.8 Å². The molecule has 3 aromatic carbocycles. The van der Waals surface area contributed by atoms with E-state index in [1.807, 2.05) is 25.1 Å². The zero-order valence-electron chi connectivity index (χ0n) is 24.6. The van der Waals surface area contributed by atoms with Crippen molar-refractivity contribution in [3.8, 4) is 0 Å². The normalized spacial score (nSPS) is 15.0. The smallest absolute Gasteiger partial charge is 0.261 e. The Morgan fingerprint density at radius 2 is 1.36 bits per heavy atom. The van der Waals surface area contributed by atoms with Gasteiger partial charge in [0.05, 0.1) is 19.3 Å². The summed E-state index contributed by atoms with van der Waals surface area (Å²) in [5, 5.41) is 2.49. The van der Waals surface area contributed by atoms with E-state index < -0.39 is 8.32 Å². The third-order valence-corrected chi connectivity index (χ3v) is 12.7. The largest absolute Gasteiger partial charge is 0.403 e. The summed E-state index contributed by atoms with van der Waals surface area (Å²) < 4.78 is 13.6. The van der Waals surface area contributed by atoms with Gasteiger partial charge in [-0.2, -0.15) is 0 Å². The molecule has 0 bridgehead atoms. The number of hydrogen-bond acceptors (Lipinski definition) is 3. The van der Waals surface area contributed by atoms with Crippen LogP contribution in [-0.4, -0.2) is 27.3 Å². The van der Waals surface area contributed by atoms with Crippen molar-refractivity contribution in [1.82, 2.24) is 0 Å². The maximum absolute atomic E-state index is 11.9. The minimum absolute atomic E-state index is 0.0773. The van der Waals surface area contributed by atoms with Gasteiger partial charge < -0.3 is 14.0 Å². The fraction of sp³-hybridized carbons (Fsp3) is 0.400. The van der Waals surface area contributed by atoms with Crippen molar-refractivity contribution >= 4 is 25.0 Å². The monoisotopic (exact) mass is 542 g/mol. The van der Waals surface area contributed by atoms with E-state index in [0.717, 1.165) is 24.7 Å². The van der Waals surface area contributed by atoms with Crippen molar-refractivity contribution in [2.75, 3.05) is 6.61 Å². The van der Waals surface area contributed by atoms with Crippen molar-refractivity contribution in [2.24, 2.45) is 11.8 Å². The molecular weight excluding hydrogens is 496 g/mol. The summed E-state index contributed by atoms with van der Waals surface area (Å²) >= 11 is 0. The van der Waals surface area contributed by atoms with Crippen LogP contribution in [0.5, 0.6) is 0 Å². The molecule has 4 heteroatoms. The van der Waals surface area contributed by atoms with Crippen LogP contribution in [0.15, 0.2) is 103 Å². The first-order chi connectivity index (χ1) is 18.8. The van der Waals surface area contributed by atoms with Gasteiger partial charge in [0.1, 0.15) is 6.29 Å². The molecule has 3 rings (SSSR count). The molecule has 39 heavy (non-hydrogen) atoms. The van der Waals surface area contributed by atoms with E-state index in [9.17, 15) is 4.79 Å². The fourth-order valence-electron chi connectivity index (χ4n) is 5.49. The highest BCUT2D eigenvalue weighted by Crippen LogP contribution is 2.37. The Morgan fingerprint density at radius 3 is 1.79 bits per heavy atom. The highest BCUT2D eigenvalue weighted by molar-refractivity contribution is 6.99. The van der Waals surface area contributed by atoms with Gasteiger partial charge in [0.25, 0.3) is 8.32 Å². The third-order valence-electron chi connectivity index (χ3n) is 7.71. The summed E-state index contributed by atoms with van der Waals surface area (Å²) in [6.07, 6.45) is 4.93. The number of rotatable bonds is 14. The summed E-state index contributed by atoms with van der Waals surface area (Å²) in [7, 11) is -2.63. The van der Waals surface area contributed by atoms with Crippen LogP contribution < -0.4 is 10.4 Å². The van der Waals surface area contributed by atoms with Crippen molar-refractivity contribution in [3.05, 3.63) is 108 Å². The van der Waals surface area contributed by atoms with Crippen molar-refractivity contribution < 1.29 is 14.0 Å². The van der Waals surface area contributed by atoms with Gasteiger partial charge in [0.2, 0.25) is 0 Å². The molecule has 0 aliphatic carbocycles. The third kappa shape index (κ3) is 7.66. The van der Waals surface area contributed by atoms with Gasteiger partial charge in [-0.05, 0) is 39.4 Å². The summed E-state index contributed by atoms with van der Waals surface area (Å²) in [6.45, 7) is 14.3. The lowest BCUT2D eigenvalue weighted by Gasteiger charge is -2.43. The van der Waals surface area contributed by atoms with Gasteiger partial charge in [-0.15, -0.1) is 0 Å². The van der Waals surface area contributed by atoms with E-state index in [1.54, 1.807) is 0 Å². The molecule has 0 unspecified atom stereocenters. The van der Waals surface area contributed by atoms with Gasteiger partial charge in [-0.1, -0.05) is 139 Å². The molecule has 0 aliphatic rings. The molecule has 0 saturated carbocycles. The van der Waals surface area contributed by atoms with E-state index in [-0.39, 0.29) is 23.0 Å². The summed E-state index contributed by atoms with van der Waals surface area (Å²) in [6, 6.07) is 31.7. The Hall–Kier alpha value is -2.79. The van der Waals surface area contributed by atoms with Crippen LogP contribution in [0.2, 0.25) is 5.04 Å². The Labute approximate surface area is 237 Å². The van der Waals surface area contributed by atoms with E-state index in [2.05, 4.69) is 113 Å². The molecule has 0 N–H and O–H groups in total. The Kier molecular flexibility index (Phi) is 11.5.